The maximum absolute atomic E-state index is 11.9. The quantitative estimate of drug-likeness (QED) is 0.894. The third-order valence-electron chi connectivity index (χ3n) is 2.19. The van der Waals surface area contributed by atoms with E-state index in [2.05, 4.69) is 5.32 Å². The topological polar surface area (TPSA) is 66.5 Å². The predicted molar refractivity (Wildman–Crippen MR) is 67.9 cm³/mol. The van der Waals surface area contributed by atoms with E-state index >= 15 is 0 Å². The molecule has 0 radical (unpaired) electrons. The number of nitrogens with zero attached hydrogens (tertiary/aromatic N) is 1. The van der Waals surface area contributed by atoms with Gasteiger partial charge >= 0.3 is 0 Å². The monoisotopic (exact) mass is 276 g/mol. The van der Waals surface area contributed by atoms with Crippen LogP contribution in [0.2, 0.25) is 0 Å². The molecule has 0 aliphatic carbocycles. The predicted octanol–water partition coefficient (Wildman–Crippen LogP) is 1.06. The maximum Gasteiger partial charge on any atom is 0.261 e. The second kappa shape index (κ2) is 5.16. The highest BCUT2D eigenvalue weighted by Gasteiger charge is 2.23. The van der Waals surface area contributed by atoms with Gasteiger partial charge in [0.2, 0.25) is 10.0 Å². The van der Waals surface area contributed by atoms with Crippen LogP contribution in [0.4, 0.5) is 0 Å². The Bertz CT molecular complexity index is 518. The average molecular weight is 276 g/mol. The Balaban J connectivity index is 3.18. The number of carbonyl (C=O) groups excluding carboxylic acids is 1. The van der Waals surface area contributed by atoms with Crippen LogP contribution >= 0.6 is 11.3 Å². The molecule has 17 heavy (non-hydrogen) atoms. The van der Waals surface area contributed by atoms with Crippen molar-refractivity contribution in [3.05, 3.63) is 15.8 Å². The fourth-order valence-corrected chi connectivity index (χ4v) is 3.65. The van der Waals surface area contributed by atoms with Crippen molar-refractivity contribution in [2.24, 2.45) is 0 Å². The fourth-order valence-electron chi connectivity index (χ4n) is 1.28. The van der Waals surface area contributed by atoms with Gasteiger partial charge in [0.05, 0.1) is 9.77 Å². The number of hydrogen-bond donors (Lipinski definition) is 1. The molecule has 0 spiro atoms. The molecule has 0 saturated carbocycles. The minimum absolute atomic E-state index is 0.203. The zero-order valence-electron chi connectivity index (χ0n) is 10.3. The summed E-state index contributed by atoms with van der Waals surface area (Å²) < 4.78 is 25.0. The fraction of sp³-hybridized carbons (Fsp3) is 0.500. The lowest BCUT2D eigenvalue weighted by atomic mass is 10.4. The Kier molecular flexibility index (Phi) is 4.29. The first-order valence-electron chi connectivity index (χ1n) is 5.11. The summed E-state index contributed by atoms with van der Waals surface area (Å²) in [6.07, 6.45) is 0. The van der Waals surface area contributed by atoms with Gasteiger partial charge in [0.15, 0.2) is 0 Å². The molecule has 96 valence electrons. The van der Waals surface area contributed by atoms with Gasteiger partial charge in [-0.2, -0.15) is 0 Å². The minimum Gasteiger partial charge on any atom is -0.352 e. The van der Waals surface area contributed by atoms with Crippen LogP contribution in [-0.4, -0.2) is 39.3 Å². The normalized spacial score (nSPS) is 11.8. The lowest BCUT2D eigenvalue weighted by molar-refractivity contribution is 0.0959. The van der Waals surface area contributed by atoms with Gasteiger partial charge in [-0.15, -0.1) is 11.3 Å². The van der Waals surface area contributed by atoms with E-state index < -0.39 is 10.0 Å². The molecule has 0 fully saturated rings. The Morgan fingerprint density at radius 3 is 2.53 bits per heavy atom. The molecule has 5 nitrogen and oxygen atoms in total. The van der Waals surface area contributed by atoms with Gasteiger partial charge in [0.25, 0.3) is 5.91 Å². The van der Waals surface area contributed by atoms with Crippen molar-refractivity contribution in [1.82, 2.24) is 9.62 Å². The number of sulfonamides is 1. The van der Waals surface area contributed by atoms with Crippen LogP contribution in [-0.2, 0) is 10.0 Å². The number of rotatable bonds is 4. The van der Waals surface area contributed by atoms with E-state index in [1.807, 2.05) is 6.92 Å². The summed E-state index contributed by atoms with van der Waals surface area (Å²) in [5.74, 6) is -0.235. The molecule has 0 atom stereocenters. The molecule has 1 aromatic rings. The van der Waals surface area contributed by atoms with E-state index in [0.29, 0.717) is 16.3 Å². The van der Waals surface area contributed by atoms with Gasteiger partial charge in [-0.05, 0) is 19.9 Å². The molecule has 1 amide bonds. The molecule has 1 heterocycles. The van der Waals surface area contributed by atoms with E-state index in [1.165, 1.54) is 31.5 Å². The summed E-state index contributed by atoms with van der Waals surface area (Å²) in [6, 6.07) is 1.43. The molecule has 1 rings (SSSR count). The minimum atomic E-state index is -3.47. The van der Waals surface area contributed by atoms with Crippen molar-refractivity contribution in [2.45, 2.75) is 18.7 Å². The molecular weight excluding hydrogens is 260 g/mol. The van der Waals surface area contributed by atoms with Crippen molar-refractivity contribution in [1.29, 1.82) is 0 Å². The second-order valence-corrected chi connectivity index (χ2v) is 7.05. The SMILES string of the molecule is CCNC(=O)c1cc(S(=O)(=O)N(C)C)c(C)s1. The molecule has 7 heteroatoms. The number of amides is 1. The molecule has 0 unspecified atom stereocenters. The lowest BCUT2D eigenvalue weighted by Crippen LogP contribution is -2.23. The van der Waals surface area contributed by atoms with Gasteiger partial charge in [-0.25, -0.2) is 12.7 Å². The zero-order valence-corrected chi connectivity index (χ0v) is 11.9. The van der Waals surface area contributed by atoms with Gasteiger partial charge < -0.3 is 5.32 Å². The summed E-state index contributed by atoms with van der Waals surface area (Å²) in [4.78, 5) is 12.8. The summed E-state index contributed by atoms with van der Waals surface area (Å²) in [7, 11) is -0.531. The standard InChI is InChI=1S/C10H16N2O3S2/c1-5-11-10(13)8-6-9(7(2)16-8)17(14,15)12(3)4/h6H,5H2,1-4H3,(H,11,13). The van der Waals surface area contributed by atoms with E-state index in [9.17, 15) is 13.2 Å². The first kappa shape index (κ1) is 14.1. The first-order chi connectivity index (χ1) is 7.80. The summed E-state index contributed by atoms with van der Waals surface area (Å²) in [6.45, 7) is 4.03. The van der Waals surface area contributed by atoms with Crippen LogP contribution in [0, 0.1) is 6.92 Å². The highest BCUT2D eigenvalue weighted by molar-refractivity contribution is 7.89. The average Bonchev–Trinajstić information content (AvgIpc) is 2.61. The van der Waals surface area contributed by atoms with Crippen LogP contribution in [0.1, 0.15) is 21.5 Å². The Hall–Kier alpha value is -0.920. The van der Waals surface area contributed by atoms with Crippen LogP contribution < -0.4 is 5.32 Å². The molecule has 0 aromatic carbocycles. The summed E-state index contributed by atoms with van der Waals surface area (Å²) in [5, 5.41) is 2.65. The number of carbonyl (C=O) groups is 1. The highest BCUT2D eigenvalue weighted by atomic mass is 32.2. The number of hydrogen-bond acceptors (Lipinski definition) is 4. The molecule has 0 bridgehead atoms. The molecular formula is C10H16N2O3S2. The molecule has 0 aliphatic heterocycles. The van der Waals surface area contributed by atoms with Crippen molar-refractivity contribution >= 4 is 27.3 Å². The first-order valence-corrected chi connectivity index (χ1v) is 7.37. The Morgan fingerprint density at radius 1 is 1.47 bits per heavy atom. The third kappa shape index (κ3) is 2.85. The molecule has 0 saturated heterocycles. The van der Waals surface area contributed by atoms with Crippen molar-refractivity contribution in [3.8, 4) is 0 Å². The Morgan fingerprint density at radius 2 is 2.06 bits per heavy atom. The van der Waals surface area contributed by atoms with Crippen molar-refractivity contribution < 1.29 is 13.2 Å². The number of nitrogens with one attached hydrogen (secondary N) is 1. The van der Waals surface area contributed by atoms with E-state index in [0.717, 1.165) is 4.31 Å². The molecule has 1 aromatic heterocycles. The van der Waals surface area contributed by atoms with Crippen LogP contribution in [0.25, 0.3) is 0 Å². The number of thiophene rings is 1. The molecule has 0 aliphatic rings. The highest BCUT2D eigenvalue weighted by Crippen LogP contribution is 2.27. The number of aryl methyl sites for hydroxylation is 1. The Labute approximate surface area is 105 Å². The van der Waals surface area contributed by atoms with E-state index in [4.69, 9.17) is 0 Å². The van der Waals surface area contributed by atoms with E-state index in [1.54, 1.807) is 6.92 Å². The zero-order chi connectivity index (χ0) is 13.2. The lowest BCUT2D eigenvalue weighted by Gasteiger charge is -2.10. The van der Waals surface area contributed by atoms with Crippen LogP contribution in [0.3, 0.4) is 0 Å². The largest absolute Gasteiger partial charge is 0.352 e. The smallest absolute Gasteiger partial charge is 0.261 e. The second-order valence-electron chi connectivity index (χ2n) is 3.68. The maximum atomic E-state index is 11.9. The van der Waals surface area contributed by atoms with Crippen LogP contribution in [0.15, 0.2) is 11.0 Å². The van der Waals surface area contributed by atoms with Crippen LogP contribution in [0.5, 0.6) is 0 Å². The van der Waals surface area contributed by atoms with Crippen molar-refractivity contribution in [2.75, 3.05) is 20.6 Å². The van der Waals surface area contributed by atoms with E-state index in [-0.39, 0.29) is 10.8 Å². The van der Waals surface area contributed by atoms with Gasteiger partial charge in [-0.1, -0.05) is 0 Å². The van der Waals surface area contributed by atoms with Gasteiger partial charge in [0, 0.05) is 25.5 Å². The summed E-state index contributed by atoms with van der Waals surface area (Å²) in [5.41, 5.74) is 0. The van der Waals surface area contributed by atoms with Gasteiger partial charge in [-0.3, -0.25) is 4.79 Å². The summed E-state index contributed by atoms with van der Waals surface area (Å²) >= 11 is 1.19. The molecule has 1 N–H and O–H groups in total. The van der Waals surface area contributed by atoms with Gasteiger partial charge in [0.1, 0.15) is 0 Å². The third-order valence-corrected chi connectivity index (χ3v) is 5.31. The van der Waals surface area contributed by atoms with Crippen molar-refractivity contribution in [3.63, 3.8) is 0 Å².